The molecule has 1 N–H and O–H groups in total. The molecule has 0 saturated heterocycles. The van der Waals surface area contributed by atoms with Crippen LogP contribution in [0.15, 0.2) is 31.4 Å². The highest BCUT2D eigenvalue weighted by atomic mass is 15.0. The van der Waals surface area contributed by atoms with Gasteiger partial charge in [-0.3, -0.25) is 4.98 Å². The third-order valence-corrected chi connectivity index (χ3v) is 3.32. The van der Waals surface area contributed by atoms with Gasteiger partial charge < -0.3 is 0 Å². The van der Waals surface area contributed by atoms with Gasteiger partial charge in [0.25, 0.3) is 0 Å². The van der Waals surface area contributed by atoms with Crippen molar-refractivity contribution in [3.05, 3.63) is 31.4 Å². The standard InChI is InChI=1S/C15H26N2/c1-3-5-7-9-11-15(10-8-6-4-2)17-13-12-16-14-17/h4,12-15H,2-3,5-11H2,1H3/p+1. The lowest BCUT2D eigenvalue weighted by molar-refractivity contribution is -0.723. The summed E-state index contributed by atoms with van der Waals surface area (Å²) in [5.41, 5.74) is 0. The molecule has 0 fully saturated rings. The van der Waals surface area contributed by atoms with Crippen LogP contribution in [0.4, 0.5) is 0 Å². The molecule has 0 aliphatic heterocycles. The molecule has 1 atom stereocenters. The number of aromatic amines is 1. The third-order valence-electron chi connectivity index (χ3n) is 3.32. The molecule has 1 rings (SSSR count). The Bertz CT molecular complexity index is 277. The van der Waals surface area contributed by atoms with Crippen molar-refractivity contribution in [2.24, 2.45) is 0 Å². The van der Waals surface area contributed by atoms with Gasteiger partial charge in [0.05, 0.1) is 0 Å². The average Bonchev–Trinajstić information content (AvgIpc) is 2.86. The molecule has 2 nitrogen and oxygen atoms in total. The van der Waals surface area contributed by atoms with Crippen LogP contribution in [-0.2, 0) is 0 Å². The van der Waals surface area contributed by atoms with E-state index >= 15 is 0 Å². The summed E-state index contributed by atoms with van der Waals surface area (Å²) in [5, 5.41) is 0. The number of hydrogen-bond donors (Lipinski definition) is 1. The quantitative estimate of drug-likeness (QED) is 0.357. The molecule has 1 aromatic heterocycles. The van der Waals surface area contributed by atoms with Crippen LogP contribution in [0.1, 0.15) is 64.3 Å². The van der Waals surface area contributed by atoms with E-state index in [-0.39, 0.29) is 0 Å². The van der Waals surface area contributed by atoms with E-state index in [4.69, 9.17) is 0 Å². The number of nitrogens with zero attached hydrogens (tertiary/aromatic N) is 1. The van der Waals surface area contributed by atoms with E-state index in [1.165, 1.54) is 44.9 Å². The summed E-state index contributed by atoms with van der Waals surface area (Å²) in [6.45, 7) is 6.06. The fraction of sp³-hybridized carbons (Fsp3) is 0.667. The van der Waals surface area contributed by atoms with Crippen LogP contribution in [0.3, 0.4) is 0 Å². The Labute approximate surface area is 106 Å². The summed E-state index contributed by atoms with van der Waals surface area (Å²) in [5.74, 6) is 0. The van der Waals surface area contributed by atoms with Crippen LogP contribution in [0, 0.1) is 0 Å². The molecule has 17 heavy (non-hydrogen) atoms. The van der Waals surface area contributed by atoms with Crippen molar-refractivity contribution in [2.45, 2.75) is 64.3 Å². The van der Waals surface area contributed by atoms with E-state index in [1.807, 2.05) is 12.3 Å². The summed E-state index contributed by atoms with van der Waals surface area (Å²) in [7, 11) is 0. The van der Waals surface area contributed by atoms with Crippen LogP contribution in [-0.4, -0.2) is 4.98 Å². The van der Waals surface area contributed by atoms with Gasteiger partial charge >= 0.3 is 0 Å². The van der Waals surface area contributed by atoms with Gasteiger partial charge in [-0.25, -0.2) is 4.57 Å². The molecule has 96 valence electrons. The third kappa shape index (κ3) is 5.71. The molecule has 0 spiro atoms. The van der Waals surface area contributed by atoms with Crippen molar-refractivity contribution in [2.75, 3.05) is 0 Å². The Morgan fingerprint density at radius 1 is 1.24 bits per heavy atom. The molecule has 0 aliphatic rings. The van der Waals surface area contributed by atoms with Crippen LogP contribution in [0.2, 0.25) is 0 Å². The molecule has 0 radical (unpaired) electrons. The van der Waals surface area contributed by atoms with Gasteiger partial charge in [0.1, 0.15) is 18.4 Å². The minimum Gasteiger partial charge on any atom is -0.250 e. The van der Waals surface area contributed by atoms with E-state index in [2.05, 4.69) is 35.6 Å². The molecular weight excluding hydrogens is 208 g/mol. The molecule has 0 aliphatic carbocycles. The Balaban J connectivity index is 2.34. The fourth-order valence-electron chi connectivity index (χ4n) is 2.28. The summed E-state index contributed by atoms with van der Waals surface area (Å²) < 4.78 is 2.33. The predicted octanol–water partition coefficient (Wildman–Crippen LogP) is 4.17. The Kier molecular flexibility index (Phi) is 7.44. The lowest BCUT2D eigenvalue weighted by Crippen LogP contribution is -2.37. The monoisotopic (exact) mass is 235 g/mol. The number of hydrogen-bond acceptors (Lipinski definition) is 0. The molecule has 0 amide bonds. The average molecular weight is 235 g/mol. The molecule has 0 aromatic carbocycles. The highest BCUT2D eigenvalue weighted by Gasteiger charge is 2.14. The zero-order valence-corrected chi connectivity index (χ0v) is 11.2. The maximum atomic E-state index is 3.79. The second-order valence-electron chi connectivity index (χ2n) is 4.78. The van der Waals surface area contributed by atoms with Crippen LogP contribution >= 0.6 is 0 Å². The topological polar surface area (TPSA) is 19.7 Å². The predicted molar refractivity (Wildman–Crippen MR) is 72.8 cm³/mol. The largest absolute Gasteiger partial charge is 0.250 e. The van der Waals surface area contributed by atoms with Crippen LogP contribution in [0.5, 0.6) is 0 Å². The number of aromatic nitrogens is 2. The van der Waals surface area contributed by atoms with Gasteiger partial charge in [-0.15, -0.1) is 6.58 Å². The minimum atomic E-state index is 0.665. The zero-order chi connectivity index (χ0) is 12.3. The smallest absolute Gasteiger partial charge is 0.241 e. The first-order valence-corrected chi connectivity index (χ1v) is 7.03. The van der Waals surface area contributed by atoms with Crippen molar-refractivity contribution >= 4 is 0 Å². The Hall–Kier alpha value is -1.05. The van der Waals surface area contributed by atoms with Crippen molar-refractivity contribution in [1.82, 2.24) is 4.98 Å². The van der Waals surface area contributed by atoms with Gasteiger partial charge in [0.2, 0.25) is 6.33 Å². The summed E-state index contributed by atoms with van der Waals surface area (Å²) in [6, 6.07) is 0.665. The highest BCUT2D eigenvalue weighted by molar-refractivity contribution is 4.67. The minimum absolute atomic E-state index is 0.665. The molecule has 1 heterocycles. The lowest BCUT2D eigenvalue weighted by atomic mass is 10.0. The van der Waals surface area contributed by atoms with Crippen LogP contribution < -0.4 is 4.57 Å². The van der Waals surface area contributed by atoms with E-state index in [0.29, 0.717) is 6.04 Å². The highest BCUT2D eigenvalue weighted by Crippen LogP contribution is 2.17. The number of unbranched alkanes of at least 4 members (excludes halogenated alkanes) is 4. The van der Waals surface area contributed by atoms with Crippen molar-refractivity contribution in [3.63, 3.8) is 0 Å². The lowest BCUT2D eigenvalue weighted by Gasteiger charge is -2.13. The normalized spacial score (nSPS) is 12.5. The van der Waals surface area contributed by atoms with E-state index in [1.54, 1.807) is 0 Å². The van der Waals surface area contributed by atoms with Crippen molar-refractivity contribution in [1.29, 1.82) is 0 Å². The fourth-order valence-corrected chi connectivity index (χ4v) is 2.28. The molecular formula is C15H27N2+. The Morgan fingerprint density at radius 3 is 2.71 bits per heavy atom. The SMILES string of the molecule is C=CCCCC(CCCCCC)[n+]1cc[nH]c1. The van der Waals surface area contributed by atoms with Crippen LogP contribution in [0.25, 0.3) is 0 Å². The Morgan fingerprint density at radius 2 is 2.06 bits per heavy atom. The first-order valence-electron chi connectivity index (χ1n) is 7.03. The van der Waals surface area contributed by atoms with E-state index < -0.39 is 0 Å². The van der Waals surface area contributed by atoms with E-state index in [0.717, 1.165) is 6.42 Å². The number of allylic oxidation sites excluding steroid dienone is 1. The number of nitrogens with one attached hydrogen (secondary N) is 1. The second kappa shape index (κ2) is 9.03. The maximum Gasteiger partial charge on any atom is 0.241 e. The number of rotatable bonds is 10. The van der Waals surface area contributed by atoms with Gasteiger partial charge in [-0.2, -0.15) is 0 Å². The van der Waals surface area contributed by atoms with Gasteiger partial charge in [-0.05, 0) is 32.1 Å². The number of imidazole rings is 1. The first kappa shape index (κ1) is 14.0. The summed E-state index contributed by atoms with van der Waals surface area (Å²) >= 11 is 0. The summed E-state index contributed by atoms with van der Waals surface area (Å²) in [4.78, 5) is 3.15. The van der Waals surface area contributed by atoms with Gasteiger partial charge in [-0.1, -0.05) is 32.3 Å². The molecule has 0 bridgehead atoms. The molecule has 0 saturated carbocycles. The first-order chi connectivity index (χ1) is 8.38. The van der Waals surface area contributed by atoms with Gasteiger partial charge in [0, 0.05) is 0 Å². The maximum absolute atomic E-state index is 3.79. The molecule has 2 heteroatoms. The summed E-state index contributed by atoms with van der Waals surface area (Å²) in [6.07, 6.45) is 18.6. The zero-order valence-electron chi connectivity index (χ0n) is 11.2. The second-order valence-corrected chi connectivity index (χ2v) is 4.78. The molecule has 1 aromatic rings. The van der Waals surface area contributed by atoms with Crippen molar-refractivity contribution in [3.8, 4) is 0 Å². The van der Waals surface area contributed by atoms with Crippen molar-refractivity contribution < 1.29 is 4.57 Å². The molecule has 1 unspecified atom stereocenters. The van der Waals surface area contributed by atoms with E-state index in [9.17, 15) is 0 Å². The van der Waals surface area contributed by atoms with Gasteiger partial charge in [0.15, 0.2) is 0 Å². The number of H-pyrrole nitrogens is 1.